The van der Waals surface area contributed by atoms with Crippen molar-refractivity contribution in [3.05, 3.63) is 80.7 Å². The Hall–Kier alpha value is -2.38. The zero-order chi connectivity index (χ0) is 21.4. The second-order valence-electron chi connectivity index (χ2n) is 6.10. The van der Waals surface area contributed by atoms with Crippen molar-refractivity contribution in [3.63, 3.8) is 0 Å². The Morgan fingerprint density at radius 3 is 2.66 bits per heavy atom. The number of benzene rings is 1. The van der Waals surface area contributed by atoms with Crippen LogP contribution in [0.3, 0.4) is 0 Å². The van der Waals surface area contributed by atoms with Crippen molar-refractivity contribution < 1.29 is 13.9 Å². The van der Waals surface area contributed by atoms with E-state index in [2.05, 4.69) is 32.8 Å². The maximum absolute atomic E-state index is 13.8. The van der Waals surface area contributed by atoms with E-state index >= 15 is 0 Å². The van der Waals surface area contributed by atoms with E-state index in [-0.39, 0.29) is 5.70 Å². The lowest BCUT2D eigenvalue weighted by molar-refractivity contribution is 0.281. The third kappa shape index (κ3) is 6.30. The number of allylic oxidation sites excluding steroid dienone is 4. The molecule has 7 heteroatoms. The molecular formula is C22H24BrFN2O2S. The standard InChI is InChI=1S/C22H24BrFN2O2S/c1-6-19(26-20(15(3)24)8-7-9-23)18-11-21(27-5)22(10-14(18)2)28-12-17-13-29-16(4)25-17/h6-11,13,26H,3,12H2,1-2,4-5H3/b9-7+,19-6+,20-8+. The summed E-state index contributed by atoms with van der Waals surface area (Å²) in [5.74, 6) is 0.657. The third-order valence-electron chi connectivity index (χ3n) is 4.03. The number of nitrogens with zero attached hydrogens (tertiary/aromatic N) is 1. The number of halogens is 2. The summed E-state index contributed by atoms with van der Waals surface area (Å²) in [6.07, 6.45) is 5.14. The number of aryl methyl sites for hydroxylation is 2. The Morgan fingerprint density at radius 1 is 1.34 bits per heavy atom. The molecule has 1 aromatic heterocycles. The summed E-state index contributed by atoms with van der Waals surface area (Å²) < 4.78 is 25.3. The quantitative estimate of drug-likeness (QED) is 0.413. The molecule has 0 radical (unpaired) electrons. The minimum absolute atomic E-state index is 0.270. The van der Waals surface area contributed by atoms with Crippen LogP contribution in [-0.2, 0) is 6.61 Å². The van der Waals surface area contributed by atoms with E-state index < -0.39 is 5.83 Å². The largest absolute Gasteiger partial charge is 0.493 e. The number of ether oxygens (including phenoxy) is 2. The van der Waals surface area contributed by atoms with Crippen LogP contribution in [0, 0.1) is 13.8 Å². The van der Waals surface area contributed by atoms with Gasteiger partial charge in [-0.2, -0.15) is 0 Å². The molecule has 0 atom stereocenters. The number of methoxy groups -OCH3 is 1. The fourth-order valence-electron chi connectivity index (χ4n) is 2.62. The van der Waals surface area contributed by atoms with Gasteiger partial charge in [0.2, 0.25) is 0 Å². The van der Waals surface area contributed by atoms with Crippen LogP contribution in [0.4, 0.5) is 4.39 Å². The van der Waals surface area contributed by atoms with Gasteiger partial charge in [0, 0.05) is 16.6 Å². The van der Waals surface area contributed by atoms with Crippen molar-refractivity contribution in [2.45, 2.75) is 27.4 Å². The van der Waals surface area contributed by atoms with Crippen molar-refractivity contribution >= 4 is 33.0 Å². The van der Waals surface area contributed by atoms with Crippen molar-refractivity contribution in [2.75, 3.05) is 7.11 Å². The van der Waals surface area contributed by atoms with Gasteiger partial charge in [-0.15, -0.1) is 11.3 Å². The predicted octanol–water partition coefficient (Wildman–Crippen LogP) is 6.57. The molecule has 1 N–H and O–H groups in total. The second-order valence-corrected chi connectivity index (χ2v) is 7.69. The zero-order valence-electron chi connectivity index (χ0n) is 16.9. The smallest absolute Gasteiger partial charge is 0.162 e. The van der Waals surface area contributed by atoms with Gasteiger partial charge in [-0.25, -0.2) is 9.37 Å². The van der Waals surface area contributed by atoms with Crippen LogP contribution >= 0.6 is 27.3 Å². The highest BCUT2D eigenvalue weighted by Crippen LogP contribution is 2.34. The maximum atomic E-state index is 13.8. The Bertz CT molecular complexity index is 964. The van der Waals surface area contributed by atoms with Crippen LogP contribution in [0.5, 0.6) is 11.5 Å². The number of rotatable bonds is 9. The minimum atomic E-state index is -0.557. The van der Waals surface area contributed by atoms with Gasteiger partial charge in [-0.1, -0.05) is 34.7 Å². The molecule has 0 saturated carbocycles. The lowest BCUT2D eigenvalue weighted by atomic mass is 10.0. The molecule has 0 bridgehead atoms. The van der Waals surface area contributed by atoms with E-state index in [9.17, 15) is 4.39 Å². The molecule has 2 aromatic rings. The number of hydrogen-bond acceptors (Lipinski definition) is 5. The average molecular weight is 479 g/mol. The van der Waals surface area contributed by atoms with E-state index in [0.717, 1.165) is 27.5 Å². The van der Waals surface area contributed by atoms with E-state index in [0.29, 0.717) is 18.1 Å². The second kappa shape index (κ2) is 11.0. The molecule has 0 aliphatic heterocycles. The first-order chi connectivity index (χ1) is 13.9. The lowest BCUT2D eigenvalue weighted by Gasteiger charge is -2.18. The maximum Gasteiger partial charge on any atom is 0.162 e. The van der Waals surface area contributed by atoms with Gasteiger partial charge in [0.05, 0.1) is 23.5 Å². The summed E-state index contributed by atoms with van der Waals surface area (Å²) >= 11 is 4.76. The Morgan fingerprint density at radius 2 is 2.10 bits per heavy atom. The number of hydrogen-bond donors (Lipinski definition) is 1. The molecule has 154 valence electrons. The first-order valence-corrected chi connectivity index (χ1v) is 10.7. The minimum Gasteiger partial charge on any atom is -0.493 e. The molecule has 0 amide bonds. The van der Waals surface area contributed by atoms with Crippen LogP contribution in [0.2, 0.25) is 0 Å². The van der Waals surface area contributed by atoms with E-state index in [4.69, 9.17) is 9.47 Å². The van der Waals surface area contributed by atoms with Crippen LogP contribution in [0.15, 0.2) is 58.8 Å². The highest BCUT2D eigenvalue weighted by molar-refractivity contribution is 9.11. The highest BCUT2D eigenvalue weighted by Gasteiger charge is 2.14. The molecule has 0 saturated heterocycles. The molecule has 0 aliphatic rings. The Labute approximate surface area is 183 Å². The monoisotopic (exact) mass is 478 g/mol. The van der Waals surface area contributed by atoms with Gasteiger partial charge >= 0.3 is 0 Å². The number of thiazole rings is 1. The SMILES string of the molecule is C=C(F)/C(=C\C=C\Br)N/C(=C/C)c1cc(OC)c(OCc2csc(C)n2)cc1C. The molecule has 0 aliphatic carbocycles. The van der Waals surface area contributed by atoms with Crippen LogP contribution in [-0.4, -0.2) is 12.1 Å². The Balaban J connectivity index is 2.30. The van der Waals surface area contributed by atoms with Gasteiger partial charge < -0.3 is 14.8 Å². The van der Waals surface area contributed by atoms with Crippen LogP contribution < -0.4 is 14.8 Å². The fraction of sp³-hybridized carbons (Fsp3) is 0.227. The molecule has 29 heavy (non-hydrogen) atoms. The molecule has 1 heterocycles. The Kier molecular flexibility index (Phi) is 8.67. The number of nitrogens with one attached hydrogen (secondary N) is 1. The van der Waals surface area contributed by atoms with Gasteiger partial charge in [-0.3, -0.25) is 0 Å². The van der Waals surface area contributed by atoms with Crippen LogP contribution in [0.25, 0.3) is 5.70 Å². The van der Waals surface area contributed by atoms with E-state index in [1.807, 2.05) is 44.4 Å². The molecular weight excluding hydrogens is 455 g/mol. The molecule has 0 spiro atoms. The number of aromatic nitrogens is 1. The summed E-state index contributed by atoms with van der Waals surface area (Å²) in [7, 11) is 1.59. The molecule has 0 fully saturated rings. The van der Waals surface area contributed by atoms with Crippen molar-refractivity contribution in [3.8, 4) is 11.5 Å². The first-order valence-electron chi connectivity index (χ1n) is 8.87. The molecule has 0 unspecified atom stereocenters. The third-order valence-corrected chi connectivity index (χ3v) is 5.16. The van der Waals surface area contributed by atoms with Crippen molar-refractivity contribution in [2.24, 2.45) is 0 Å². The van der Waals surface area contributed by atoms with E-state index in [1.54, 1.807) is 35.6 Å². The van der Waals surface area contributed by atoms with Gasteiger partial charge in [0.25, 0.3) is 0 Å². The molecule has 1 aromatic carbocycles. The van der Waals surface area contributed by atoms with E-state index in [1.165, 1.54) is 0 Å². The fourth-order valence-corrected chi connectivity index (χ4v) is 3.37. The summed E-state index contributed by atoms with van der Waals surface area (Å²) in [6.45, 7) is 9.56. The normalized spacial score (nSPS) is 12.3. The topological polar surface area (TPSA) is 43.4 Å². The van der Waals surface area contributed by atoms with Gasteiger partial charge in [0.1, 0.15) is 12.4 Å². The summed E-state index contributed by atoms with van der Waals surface area (Å²) in [5, 5.41) is 6.07. The first kappa shape index (κ1) is 22.9. The van der Waals surface area contributed by atoms with Gasteiger partial charge in [-0.05, 0) is 49.5 Å². The summed E-state index contributed by atoms with van der Waals surface area (Å²) in [5.41, 5.74) is 3.71. The highest BCUT2D eigenvalue weighted by atomic mass is 79.9. The van der Waals surface area contributed by atoms with Crippen LogP contribution in [0.1, 0.15) is 28.8 Å². The van der Waals surface area contributed by atoms with Crippen molar-refractivity contribution in [1.29, 1.82) is 0 Å². The summed E-state index contributed by atoms with van der Waals surface area (Å²) in [4.78, 5) is 6.05. The lowest BCUT2D eigenvalue weighted by Crippen LogP contribution is -2.13. The summed E-state index contributed by atoms with van der Waals surface area (Å²) in [6, 6.07) is 3.78. The molecule has 2 rings (SSSR count). The average Bonchev–Trinajstić information content (AvgIpc) is 3.12. The molecule has 4 nitrogen and oxygen atoms in total. The van der Waals surface area contributed by atoms with Gasteiger partial charge in [0.15, 0.2) is 11.5 Å². The predicted molar refractivity (Wildman–Crippen MR) is 122 cm³/mol. The zero-order valence-corrected chi connectivity index (χ0v) is 19.3. The van der Waals surface area contributed by atoms with Crippen molar-refractivity contribution in [1.82, 2.24) is 10.3 Å².